The molecule has 0 unspecified atom stereocenters. The summed E-state index contributed by atoms with van der Waals surface area (Å²) in [7, 11) is -0.805. The number of sulfonamides is 1. The number of nitro benzene ring substituents is 1. The maximum absolute atomic E-state index is 12.3. The normalized spacial score (nSPS) is 12.4. The number of hydrogen-bond acceptors (Lipinski definition) is 6. The summed E-state index contributed by atoms with van der Waals surface area (Å²) < 4.78 is 30.8. The van der Waals surface area contributed by atoms with E-state index in [-0.39, 0.29) is 22.0 Å². The van der Waals surface area contributed by atoms with Crippen LogP contribution >= 0.6 is 0 Å². The van der Waals surface area contributed by atoms with Crippen molar-refractivity contribution in [3.05, 3.63) is 58.6 Å². The monoisotopic (exact) mass is 393 g/mol. The molecule has 0 saturated heterocycles. The van der Waals surface area contributed by atoms with Gasteiger partial charge in [-0.05, 0) is 31.2 Å². The Labute approximate surface area is 156 Å². The molecule has 0 radical (unpaired) electrons. The number of carbonyl (C=O) groups is 1. The fraction of sp³-hybridized carbons (Fsp3) is 0.235. The van der Waals surface area contributed by atoms with E-state index >= 15 is 0 Å². The molecule has 0 aliphatic heterocycles. The molecule has 1 N–H and O–H groups in total. The Hall–Kier alpha value is -2.98. The fourth-order valence-electron chi connectivity index (χ4n) is 2.12. The highest BCUT2D eigenvalue weighted by Gasteiger charge is 2.20. The van der Waals surface area contributed by atoms with Crippen LogP contribution in [0.1, 0.15) is 6.92 Å². The molecular weight excluding hydrogens is 374 g/mol. The van der Waals surface area contributed by atoms with Crippen molar-refractivity contribution in [3.8, 4) is 5.75 Å². The van der Waals surface area contributed by atoms with Crippen LogP contribution in [0, 0.1) is 10.1 Å². The number of nitrogens with one attached hydrogen (secondary N) is 1. The van der Waals surface area contributed by atoms with Gasteiger partial charge >= 0.3 is 0 Å². The zero-order valence-electron chi connectivity index (χ0n) is 14.9. The van der Waals surface area contributed by atoms with Gasteiger partial charge in [0.05, 0.1) is 15.9 Å². The SMILES string of the molecule is C[C@@H](Oc1cccc([N+](=O)[O-])c1)C(=O)Nc1cccc(S(=O)(=O)N(C)C)c1. The van der Waals surface area contributed by atoms with E-state index in [0.29, 0.717) is 0 Å². The molecular formula is C17H19N3O6S. The second-order valence-electron chi connectivity index (χ2n) is 5.82. The number of carbonyl (C=O) groups excluding carboxylic acids is 1. The molecule has 1 amide bonds. The van der Waals surface area contributed by atoms with Gasteiger partial charge in [0.15, 0.2) is 6.10 Å². The van der Waals surface area contributed by atoms with Crippen LogP contribution in [0.3, 0.4) is 0 Å². The lowest BCUT2D eigenvalue weighted by atomic mass is 10.3. The Kier molecular flexibility index (Phi) is 6.13. The number of nitrogens with zero attached hydrogens (tertiary/aromatic N) is 2. The maximum Gasteiger partial charge on any atom is 0.273 e. The Morgan fingerprint density at radius 2 is 1.85 bits per heavy atom. The van der Waals surface area contributed by atoms with E-state index in [2.05, 4.69) is 5.32 Å². The quantitative estimate of drug-likeness (QED) is 0.569. The molecule has 144 valence electrons. The average molecular weight is 393 g/mol. The van der Waals surface area contributed by atoms with Crippen molar-refractivity contribution in [2.24, 2.45) is 0 Å². The summed E-state index contributed by atoms with van der Waals surface area (Å²) in [5, 5.41) is 13.4. The van der Waals surface area contributed by atoms with Crippen molar-refractivity contribution in [1.82, 2.24) is 4.31 Å². The van der Waals surface area contributed by atoms with Gasteiger partial charge in [-0.15, -0.1) is 0 Å². The standard InChI is InChI=1S/C17H19N3O6S/c1-12(26-15-8-5-7-14(11-15)20(22)23)17(21)18-13-6-4-9-16(10-13)27(24,25)19(2)3/h4-12H,1-3H3,(H,18,21)/t12-/m1/s1. The molecule has 0 heterocycles. The van der Waals surface area contributed by atoms with Gasteiger partial charge < -0.3 is 10.1 Å². The highest BCUT2D eigenvalue weighted by atomic mass is 32.2. The van der Waals surface area contributed by atoms with Crippen LogP contribution in [0.15, 0.2) is 53.4 Å². The van der Waals surface area contributed by atoms with Crippen LogP contribution < -0.4 is 10.1 Å². The van der Waals surface area contributed by atoms with Crippen molar-refractivity contribution in [3.63, 3.8) is 0 Å². The van der Waals surface area contributed by atoms with E-state index in [1.54, 1.807) is 6.07 Å². The van der Waals surface area contributed by atoms with Gasteiger partial charge in [-0.25, -0.2) is 12.7 Å². The highest BCUT2D eigenvalue weighted by molar-refractivity contribution is 7.89. The van der Waals surface area contributed by atoms with Gasteiger partial charge in [-0.1, -0.05) is 12.1 Å². The Morgan fingerprint density at radius 3 is 2.48 bits per heavy atom. The van der Waals surface area contributed by atoms with Gasteiger partial charge in [0.25, 0.3) is 11.6 Å². The summed E-state index contributed by atoms with van der Waals surface area (Å²) in [6, 6.07) is 11.3. The molecule has 27 heavy (non-hydrogen) atoms. The molecule has 0 fully saturated rings. The smallest absolute Gasteiger partial charge is 0.273 e. The van der Waals surface area contributed by atoms with Crippen molar-refractivity contribution in [1.29, 1.82) is 0 Å². The van der Waals surface area contributed by atoms with Crippen molar-refractivity contribution >= 4 is 27.3 Å². The first-order valence-corrected chi connectivity index (χ1v) is 9.30. The molecule has 0 aliphatic rings. The minimum absolute atomic E-state index is 0.0394. The zero-order valence-corrected chi connectivity index (χ0v) is 15.8. The lowest BCUT2D eigenvalue weighted by Crippen LogP contribution is -2.30. The van der Waals surface area contributed by atoms with E-state index in [0.717, 1.165) is 4.31 Å². The largest absolute Gasteiger partial charge is 0.481 e. The highest BCUT2D eigenvalue weighted by Crippen LogP contribution is 2.21. The molecule has 0 saturated carbocycles. The molecule has 1 atom stereocenters. The molecule has 2 aromatic rings. The number of anilines is 1. The second kappa shape index (κ2) is 8.14. The van der Waals surface area contributed by atoms with E-state index in [1.807, 2.05) is 0 Å². The number of hydrogen-bond donors (Lipinski definition) is 1. The Balaban J connectivity index is 2.11. The molecule has 2 rings (SSSR count). The van der Waals surface area contributed by atoms with Crippen LogP contribution in [0.4, 0.5) is 11.4 Å². The van der Waals surface area contributed by atoms with Crippen LogP contribution in [-0.2, 0) is 14.8 Å². The number of amides is 1. The second-order valence-corrected chi connectivity index (χ2v) is 7.97. The van der Waals surface area contributed by atoms with E-state index in [1.165, 1.54) is 63.5 Å². The first-order chi connectivity index (χ1) is 12.6. The Bertz CT molecular complexity index is 959. The van der Waals surface area contributed by atoms with E-state index in [9.17, 15) is 23.3 Å². The third kappa shape index (κ3) is 5.02. The minimum atomic E-state index is -3.63. The molecule has 9 nitrogen and oxygen atoms in total. The summed E-state index contributed by atoms with van der Waals surface area (Å²) >= 11 is 0. The number of rotatable bonds is 7. The summed E-state index contributed by atoms with van der Waals surface area (Å²) in [6.07, 6.45) is -0.957. The zero-order chi connectivity index (χ0) is 20.2. The van der Waals surface area contributed by atoms with Gasteiger partial charge in [0.2, 0.25) is 10.0 Å². The number of benzene rings is 2. The summed E-state index contributed by atoms with van der Waals surface area (Å²) in [4.78, 5) is 22.6. The van der Waals surface area contributed by atoms with Crippen LogP contribution in [0.2, 0.25) is 0 Å². The summed E-state index contributed by atoms with van der Waals surface area (Å²) in [5.74, 6) is -0.350. The van der Waals surface area contributed by atoms with Crippen molar-refractivity contribution in [2.45, 2.75) is 17.9 Å². The third-order valence-corrected chi connectivity index (χ3v) is 5.40. The van der Waals surface area contributed by atoms with E-state index in [4.69, 9.17) is 4.74 Å². The minimum Gasteiger partial charge on any atom is -0.481 e. The summed E-state index contributed by atoms with van der Waals surface area (Å²) in [6.45, 7) is 1.48. The molecule has 0 aromatic heterocycles. The third-order valence-electron chi connectivity index (χ3n) is 3.59. The topological polar surface area (TPSA) is 119 Å². The predicted octanol–water partition coefficient (Wildman–Crippen LogP) is 2.25. The molecule has 0 bridgehead atoms. The van der Waals surface area contributed by atoms with Gasteiger partial charge in [0.1, 0.15) is 5.75 Å². The first-order valence-electron chi connectivity index (χ1n) is 7.86. The van der Waals surface area contributed by atoms with Crippen LogP contribution in [0.5, 0.6) is 5.75 Å². The fourth-order valence-corrected chi connectivity index (χ4v) is 3.07. The average Bonchev–Trinajstić information content (AvgIpc) is 2.61. The van der Waals surface area contributed by atoms with Crippen molar-refractivity contribution in [2.75, 3.05) is 19.4 Å². The van der Waals surface area contributed by atoms with Crippen LogP contribution in [0.25, 0.3) is 0 Å². The number of nitro groups is 1. The predicted molar refractivity (Wildman–Crippen MR) is 99.1 cm³/mol. The van der Waals surface area contributed by atoms with Gasteiger partial charge in [0, 0.05) is 25.8 Å². The van der Waals surface area contributed by atoms with Gasteiger partial charge in [-0.2, -0.15) is 0 Å². The van der Waals surface area contributed by atoms with Crippen LogP contribution in [-0.4, -0.2) is 43.8 Å². The first kappa shape index (κ1) is 20.3. The van der Waals surface area contributed by atoms with E-state index < -0.39 is 27.0 Å². The number of non-ortho nitro benzene ring substituents is 1. The summed E-state index contributed by atoms with van der Waals surface area (Å²) in [5.41, 5.74) is 0.138. The maximum atomic E-state index is 12.3. The van der Waals surface area contributed by atoms with Gasteiger partial charge in [-0.3, -0.25) is 14.9 Å². The molecule has 2 aromatic carbocycles. The Morgan fingerprint density at radius 1 is 1.19 bits per heavy atom. The van der Waals surface area contributed by atoms with Crippen molar-refractivity contribution < 1.29 is 22.9 Å². The number of ether oxygens (including phenoxy) is 1. The molecule has 0 spiro atoms. The molecule has 0 aliphatic carbocycles. The lowest BCUT2D eigenvalue weighted by Gasteiger charge is -2.16. The molecule has 10 heteroatoms. The lowest BCUT2D eigenvalue weighted by molar-refractivity contribution is -0.384.